The quantitative estimate of drug-likeness (QED) is 0.882. The number of thiazole rings is 1. The monoisotopic (exact) mass is 305 g/mol. The summed E-state index contributed by atoms with van der Waals surface area (Å²) < 4.78 is 5.42. The second-order valence-electron chi connectivity index (χ2n) is 5.64. The summed E-state index contributed by atoms with van der Waals surface area (Å²) in [6.45, 7) is 4.05. The molecule has 2 aromatic heterocycles. The topological polar surface area (TPSA) is 41.3 Å². The Morgan fingerprint density at radius 3 is 3.19 bits per heavy atom. The highest BCUT2D eigenvalue weighted by Gasteiger charge is 2.25. The molecule has 0 aromatic carbocycles. The second-order valence-corrected chi connectivity index (χ2v) is 6.70. The Morgan fingerprint density at radius 2 is 2.43 bits per heavy atom. The van der Waals surface area contributed by atoms with Crippen LogP contribution in [0.25, 0.3) is 0 Å². The Balaban J connectivity index is 1.74. The number of rotatable bonds is 6. The summed E-state index contributed by atoms with van der Waals surface area (Å²) in [7, 11) is 2.08. The molecular formula is C16H23N3OS. The van der Waals surface area contributed by atoms with E-state index in [1.165, 1.54) is 36.3 Å². The zero-order valence-corrected chi connectivity index (χ0v) is 13.6. The largest absolute Gasteiger partial charge is 0.467 e. The number of nitrogens with zero attached hydrogens (tertiary/aromatic N) is 2. The summed E-state index contributed by atoms with van der Waals surface area (Å²) in [5.74, 6) is 0.978. The van der Waals surface area contributed by atoms with Crippen LogP contribution in [0, 0.1) is 0 Å². The molecule has 1 N–H and O–H groups in total. The summed E-state index contributed by atoms with van der Waals surface area (Å²) in [6.07, 6.45) is 6.53. The molecule has 5 heteroatoms. The van der Waals surface area contributed by atoms with Gasteiger partial charge in [0.05, 0.1) is 24.5 Å². The van der Waals surface area contributed by atoms with Crippen LogP contribution >= 0.6 is 11.3 Å². The van der Waals surface area contributed by atoms with Gasteiger partial charge in [-0.15, -0.1) is 11.3 Å². The number of fused-ring (bicyclic) bond motifs is 1. The van der Waals surface area contributed by atoms with Crippen molar-refractivity contribution in [3.63, 3.8) is 0 Å². The molecule has 0 radical (unpaired) electrons. The Morgan fingerprint density at radius 1 is 1.52 bits per heavy atom. The fraction of sp³-hybridized carbons (Fsp3) is 0.562. The average Bonchev–Trinajstić information content (AvgIpc) is 3.13. The van der Waals surface area contributed by atoms with Crippen LogP contribution in [0.3, 0.4) is 0 Å². The maximum atomic E-state index is 5.42. The maximum absolute atomic E-state index is 5.42. The standard InChI is InChI=1S/C16H23N3OS/c1-3-9-17-13-7-4-8-14-15(13)18-16(21-14)19(2)11-12-6-5-10-20-12/h5-6,10,13,17H,3-4,7-9,11H2,1-2H3. The third-order valence-corrected chi connectivity index (χ3v) is 5.13. The third-order valence-electron chi connectivity index (χ3n) is 3.88. The van der Waals surface area contributed by atoms with Crippen LogP contribution in [-0.4, -0.2) is 18.6 Å². The van der Waals surface area contributed by atoms with Crippen LogP contribution in [0.1, 0.15) is 48.6 Å². The predicted molar refractivity (Wildman–Crippen MR) is 86.9 cm³/mol. The first-order valence-corrected chi connectivity index (χ1v) is 8.56. The summed E-state index contributed by atoms with van der Waals surface area (Å²) in [6, 6.07) is 4.38. The van der Waals surface area contributed by atoms with E-state index in [0.717, 1.165) is 24.0 Å². The van der Waals surface area contributed by atoms with Crippen molar-refractivity contribution in [1.82, 2.24) is 10.3 Å². The number of furan rings is 1. The van der Waals surface area contributed by atoms with Crippen LogP contribution in [-0.2, 0) is 13.0 Å². The molecule has 4 nitrogen and oxygen atoms in total. The van der Waals surface area contributed by atoms with E-state index in [1.54, 1.807) is 6.26 Å². The van der Waals surface area contributed by atoms with Crippen LogP contribution < -0.4 is 10.2 Å². The first-order valence-electron chi connectivity index (χ1n) is 7.74. The molecule has 1 atom stereocenters. The number of hydrogen-bond acceptors (Lipinski definition) is 5. The molecular weight excluding hydrogens is 282 g/mol. The lowest BCUT2D eigenvalue weighted by molar-refractivity contribution is 0.454. The van der Waals surface area contributed by atoms with E-state index < -0.39 is 0 Å². The molecule has 2 aromatic rings. The molecule has 114 valence electrons. The molecule has 0 amide bonds. The van der Waals surface area contributed by atoms with Gasteiger partial charge in [0, 0.05) is 11.9 Å². The molecule has 1 aliphatic rings. The number of anilines is 1. The first-order chi connectivity index (χ1) is 10.3. The van der Waals surface area contributed by atoms with Gasteiger partial charge in [0.2, 0.25) is 0 Å². The fourth-order valence-electron chi connectivity index (χ4n) is 2.79. The van der Waals surface area contributed by atoms with E-state index >= 15 is 0 Å². The summed E-state index contributed by atoms with van der Waals surface area (Å²) in [5.41, 5.74) is 1.28. The van der Waals surface area contributed by atoms with E-state index in [4.69, 9.17) is 9.40 Å². The predicted octanol–water partition coefficient (Wildman–Crippen LogP) is 3.75. The molecule has 0 spiro atoms. The first kappa shape index (κ1) is 14.6. The molecule has 0 fully saturated rings. The van der Waals surface area contributed by atoms with Gasteiger partial charge >= 0.3 is 0 Å². The summed E-state index contributed by atoms with van der Waals surface area (Å²) in [5, 5.41) is 4.73. The van der Waals surface area contributed by atoms with Gasteiger partial charge in [0.1, 0.15) is 5.76 Å². The van der Waals surface area contributed by atoms with E-state index in [1.807, 2.05) is 23.5 Å². The van der Waals surface area contributed by atoms with Crippen LogP contribution in [0.5, 0.6) is 0 Å². The molecule has 0 bridgehead atoms. The van der Waals surface area contributed by atoms with E-state index in [2.05, 4.69) is 24.2 Å². The van der Waals surface area contributed by atoms with Gasteiger partial charge in [-0.25, -0.2) is 4.98 Å². The number of aromatic nitrogens is 1. The lowest BCUT2D eigenvalue weighted by atomic mass is 9.97. The molecule has 1 unspecified atom stereocenters. The maximum Gasteiger partial charge on any atom is 0.185 e. The Kier molecular flexibility index (Phi) is 4.60. The highest BCUT2D eigenvalue weighted by atomic mass is 32.1. The van der Waals surface area contributed by atoms with Gasteiger partial charge in [-0.3, -0.25) is 0 Å². The lowest BCUT2D eigenvalue weighted by Gasteiger charge is -2.22. The summed E-state index contributed by atoms with van der Waals surface area (Å²) in [4.78, 5) is 8.54. The zero-order chi connectivity index (χ0) is 14.7. The van der Waals surface area contributed by atoms with Crippen molar-refractivity contribution in [2.45, 2.75) is 45.2 Å². The molecule has 3 rings (SSSR count). The number of hydrogen-bond donors (Lipinski definition) is 1. The minimum atomic E-state index is 0.440. The molecule has 0 aliphatic heterocycles. The number of nitrogens with one attached hydrogen (secondary N) is 1. The van der Waals surface area contributed by atoms with Gasteiger partial charge in [0.15, 0.2) is 5.13 Å². The van der Waals surface area contributed by atoms with Gasteiger partial charge in [-0.2, -0.15) is 0 Å². The van der Waals surface area contributed by atoms with Crippen molar-refractivity contribution in [2.24, 2.45) is 0 Å². The molecule has 1 aliphatic carbocycles. The van der Waals surface area contributed by atoms with Crippen molar-refractivity contribution in [1.29, 1.82) is 0 Å². The SMILES string of the molecule is CCCNC1CCCc2sc(N(C)Cc3ccco3)nc21. The average molecular weight is 305 g/mol. The van der Waals surface area contributed by atoms with Crippen molar-refractivity contribution in [2.75, 3.05) is 18.5 Å². The second kappa shape index (κ2) is 6.62. The van der Waals surface area contributed by atoms with Crippen LogP contribution in [0.15, 0.2) is 22.8 Å². The van der Waals surface area contributed by atoms with Gasteiger partial charge in [-0.1, -0.05) is 6.92 Å². The summed E-state index contributed by atoms with van der Waals surface area (Å²) >= 11 is 1.84. The molecule has 21 heavy (non-hydrogen) atoms. The van der Waals surface area contributed by atoms with Crippen LogP contribution in [0.4, 0.5) is 5.13 Å². The minimum Gasteiger partial charge on any atom is -0.467 e. The highest BCUT2D eigenvalue weighted by molar-refractivity contribution is 7.15. The number of aryl methyl sites for hydroxylation is 1. The molecule has 0 saturated carbocycles. The molecule has 2 heterocycles. The van der Waals surface area contributed by atoms with Crippen molar-refractivity contribution >= 4 is 16.5 Å². The zero-order valence-electron chi connectivity index (χ0n) is 12.8. The van der Waals surface area contributed by atoms with Crippen molar-refractivity contribution in [3.8, 4) is 0 Å². The van der Waals surface area contributed by atoms with E-state index in [-0.39, 0.29) is 0 Å². The molecule has 0 saturated heterocycles. The lowest BCUT2D eigenvalue weighted by Crippen LogP contribution is -2.25. The van der Waals surface area contributed by atoms with Gasteiger partial charge in [-0.05, 0) is 44.4 Å². The van der Waals surface area contributed by atoms with E-state index in [0.29, 0.717) is 6.04 Å². The highest BCUT2D eigenvalue weighted by Crippen LogP contribution is 2.36. The minimum absolute atomic E-state index is 0.440. The van der Waals surface area contributed by atoms with E-state index in [9.17, 15) is 0 Å². The Labute approximate surface area is 130 Å². The van der Waals surface area contributed by atoms with Crippen molar-refractivity contribution < 1.29 is 4.42 Å². The normalized spacial score (nSPS) is 17.7. The van der Waals surface area contributed by atoms with Crippen molar-refractivity contribution in [3.05, 3.63) is 34.7 Å². The third kappa shape index (κ3) is 3.30. The smallest absolute Gasteiger partial charge is 0.185 e. The van der Waals surface area contributed by atoms with Crippen LogP contribution in [0.2, 0.25) is 0 Å². The fourth-order valence-corrected chi connectivity index (χ4v) is 3.91. The Hall–Kier alpha value is -1.33. The van der Waals surface area contributed by atoms with Gasteiger partial charge < -0.3 is 14.6 Å². The van der Waals surface area contributed by atoms with Gasteiger partial charge in [0.25, 0.3) is 0 Å². The Bertz CT molecular complexity index is 564.